The second-order valence-electron chi connectivity index (χ2n) is 8.11. The van der Waals surface area contributed by atoms with E-state index in [2.05, 4.69) is 5.32 Å². The van der Waals surface area contributed by atoms with Gasteiger partial charge in [-0.15, -0.1) is 0 Å². The maximum atomic E-state index is 15.1. The summed E-state index contributed by atoms with van der Waals surface area (Å²) in [5, 5.41) is 12.7. The molecule has 0 aromatic heterocycles. The third-order valence-electron chi connectivity index (χ3n) is 5.61. The molecule has 7 nitrogen and oxygen atoms in total. The molecule has 0 aliphatic carbocycles. The van der Waals surface area contributed by atoms with Crippen LogP contribution in [0.2, 0.25) is 0 Å². The molecule has 0 fully saturated rings. The number of fused-ring (bicyclic) bond motifs is 3. The third-order valence-corrected chi connectivity index (χ3v) is 5.61. The highest BCUT2D eigenvalue weighted by atomic mass is 19.4. The molecule has 0 saturated carbocycles. The Morgan fingerprint density at radius 2 is 1.53 bits per heavy atom. The summed E-state index contributed by atoms with van der Waals surface area (Å²) in [5.74, 6) is -9.94. The van der Waals surface area contributed by atoms with E-state index in [0.29, 0.717) is 23.7 Å². The van der Waals surface area contributed by atoms with Crippen LogP contribution < -0.4 is 15.5 Å². The van der Waals surface area contributed by atoms with Crippen molar-refractivity contribution in [1.82, 2.24) is 10.6 Å². The second-order valence-corrected chi connectivity index (χ2v) is 8.11. The van der Waals surface area contributed by atoms with Crippen molar-refractivity contribution in [2.24, 2.45) is 0 Å². The number of carbonyl (C=O) groups is 3. The predicted octanol–water partition coefficient (Wildman–Crippen LogP) is 2.89. The van der Waals surface area contributed by atoms with Crippen LogP contribution in [-0.4, -0.2) is 60.3 Å². The van der Waals surface area contributed by atoms with Gasteiger partial charge in [0.15, 0.2) is 0 Å². The summed E-state index contributed by atoms with van der Waals surface area (Å²) in [6, 6.07) is 11.3. The van der Waals surface area contributed by atoms with Crippen molar-refractivity contribution in [3.8, 4) is 11.1 Å². The average molecular weight is 517 g/mol. The molecular formula is C23H21F6N3O4. The Balaban J connectivity index is 1.92. The highest BCUT2D eigenvalue weighted by molar-refractivity contribution is 6.11. The number of aliphatic hydroxyl groups excluding tert-OH is 1. The number of nitrogens with zero attached hydrogens (tertiary/aromatic N) is 1. The number of β-amino-alcohol motifs (C(OH)–C–C–N with tert-alkyl or cyclic N) is 1. The molecule has 0 unspecified atom stereocenters. The zero-order valence-electron chi connectivity index (χ0n) is 18.7. The fourth-order valence-corrected chi connectivity index (χ4v) is 3.64. The molecule has 2 atom stereocenters. The highest BCUT2D eigenvalue weighted by Gasteiger charge is 2.58. The molecule has 2 aromatic rings. The number of alkyl halides is 6. The van der Waals surface area contributed by atoms with Gasteiger partial charge >= 0.3 is 12.1 Å². The molecule has 13 heteroatoms. The van der Waals surface area contributed by atoms with E-state index in [-0.39, 0.29) is 12.1 Å². The Morgan fingerprint density at radius 1 is 0.944 bits per heavy atom. The maximum Gasteiger partial charge on any atom is 0.455 e. The predicted molar refractivity (Wildman–Crippen MR) is 116 cm³/mol. The number of hydrogen-bond donors (Lipinski definition) is 3. The van der Waals surface area contributed by atoms with Crippen molar-refractivity contribution in [2.75, 3.05) is 24.6 Å². The largest absolute Gasteiger partial charge is 0.455 e. The zero-order chi connectivity index (χ0) is 26.9. The first-order valence-corrected chi connectivity index (χ1v) is 10.6. The minimum absolute atomic E-state index is 0.198. The van der Waals surface area contributed by atoms with Crippen molar-refractivity contribution < 1.29 is 45.8 Å². The molecule has 2 aromatic carbocycles. The first kappa shape index (κ1) is 27.0. The molecular weight excluding hydrogens is 496 g/mol. The Labute approximate surface area is 201 Å². The normalized spacial score (nSPS) is 17.4. The van der Waals surface area contributed by atoms with Crippen molar-refractivity contribution in [3.63, 3.8) is 0 Å². The van der Waals surface area contributed by atoms with Gasteiger partial charge in [-0.3, -0.25) is 14.4 Å². The van der Waals surface area contributed by atoms with E-state index in [9.17, 15) is 41.4 Å². The number of halogens is 6. The van der Waals surface area contributed by atoms with Crippen LogP contribution in [0.25, 0.3) is 11.1 Å². The number of aliphatic hydroxyl groups is 1. The van der Waals surface area contributed by atoms with E-state index < -0.39 is 54.7 Å². The Bertz CT molecular complexity index is 1170. The van der Waals surface area contributed by atoms with Crippen LogP contribution in [0, 0.1) is 0 Å². The molecule has 3 amide bonds. The Morgan fingerprint density at radius 3 is 2.14 bits per heavy atom. The fourth-order valence-electron chi connectivity index (χ4n) is 3.64. The lowest BCUT2D eigenvalue weighted by Gasteiger charge is -2.28. The second kappa shape index (κ2) is 9.80. The van der Waals surface area contributed by atoms with Crippen LogP contribution in [0.3, 0.4) is 0 Å². The summed E-state index contributed by atoms with van der Waals surface area (Å²) >= 11 is 0. The number of hydrogen-bond acceptors (Lipinski definition) is 4. The Hall–Kier alpha value is -3.61. The van der Waals surface area contributed by atoms with Crippen molar-refractivity contribution in [2.45, 2.75) is 30.7 Å². The highest BCUT2D eigenvalue weighted by Crippen LogP contribution is 2.40. The van der Waals surface area contributed by atoms with E-state index in [4.69, 9.17) is 0 Å². The zero-order valence-corrected chi connectivity index (χ0v) is 18.7. The molecule has 1 aliphatic rings. The number of anilines is 1. The first-order chi connectivity index (χ1) is 16.7. The molecule has 0 bridgehead atoms. The number of rotatable bonds is 7. The van der Waals surface area contributed by atoms with Crippen LogP contribution in [0.15, 0.2) is 48.5 Å². The van der Waals surface area contributed by atoms with Gasteiger partial charge in [-0.25, -0.2) is 4.39 Å². The summed E-state index contributed by atoms with van der Waals surface area (Å²) in [5.41, 5.74) is -1.99. The van der Waals surface area contributed by atoms with Crippen molar-refractivity contribution in [1.29, 1.82) is 0 Å². The summed E-state index contributed by atoms with van der Waals surface area (Å²) < 4.78 is 78.4. The summed E-state index contributed by atoms with van der Waals surface area (Å²) in [6.45, 7) is -2.58. The van der Waals surface area contributed by atoms with Crippen molar-refractivity contribution >= 4 is 23.4 Å². The van der Waals surface area contributed by atoms with Gasteiger partial charge in [0.2, 0.25) is 0 Å². The molecule has 0 radical (unpaired) electrons. The van der Waals surface area contributed by atoms with E-state index in [1.807, 2.05) is 0 Å². The number of amides is 3. The average Bonchev–Trinajstić information content (AvgIpc) is 2.91. The quantitative estimate of drug-likeness (QED) is 0.389. The molecule has 0 spiro atoms. The van der Waals surface area contributed by atoms with E-state index >= 15 is 4.39 Å². The van der Waals surface area contributed by atoms with Crippen LogP contribution in [0.4, 0.5) is 32.0 Å². The lowest BCUT2D eigenvalue weighted by Crippen LogP contribution is -2.57. The Kier molecular flexibility index (Phi) is 7.35. The first-order valence-electron chi connectivity index (χ1n) is 10.6. The molecule has 194 valence electrons. The lowest BCUT2D eigenvalue weighted by molar-refractivity contribution is -0.278. The topological polar surface area (TPSA) is 98.7 Å². The lowest BCUT2D eigenvalue weighted by atomic mass is 9.94. The molecule has 36 heavy (non-hydrogen) atoms. The van der Waals surface area contributed by atoms with Crippen LogP contribution >= 0.6 is 0 Å². The van der Waals surface area contributed by atoms with Gasteiger partial charge < -0.3 is 20.6 Å². The monoisotopic (exact) mass is 517 g/mol. The van der Waals surface area contributed by atoms with Gasteiger partial charge in [0, 0.05) is 12.1 Å². The summed E-state index contributed by atoms with van der Waals surface area (Å²) in [7, 11) is 0. The van der Waals surface area contributed by atoms with Gasteiger partial charge in [-0.1, -0.05) is 42.5 Å². The van der Waals surface area contributed by atoms with Gasteiger partial charge in [-0.05, 0) is 24.1 Å². The van der Waals surface area contributed by atoms with Crippen LogP contribution in [-0.2, 0) is 14.4 Å². The third kappa shape index (κ3) is 5.01. The van der Waals surface area contributed by atoms with Crippen molar-refractivity contribution in [3.05, 3.63) is 54.1 Å². The molecule has 1 aliphatic heterocycles. The number of nitrogens with one attached hydrogen (secondary N) is 2. The summed E-state index contributed by atoms with van der Waals surface area (Å²) in [6.07, 6.45) is -6.00. The van der Waals surface area contributed by atoms with E-state index in [1.165, 1.54) is 12.1 Å². The molecule has 3 rings (SSSR count). The number of benzene rings is 2. The minimum atomic E-state index is -6.00. The number of carbonyl (C=O) groups excluding carboxylic acids is 3. The number of para-hydroxylation sites is 1. The molecule has 1 heterocycles. The van der Waals surface area contributed by atoms with Crippen LogP contribution in [0.1, 0.15) is 18.5 Å². The van der Waals surface area contributed by atoms with Crippen LogP contribution in [0.5, 0.6) is 0 Å². The van der Waals surface area contributed by atoms with Gasteiger partial charge in [-0.2, -0.15) is 22.0 Å². The van der Waals surface area contributed by atoms with Gasteiger partial charge in [0.25, 0.3) is 23.4 Å². The minimum Gasteiger partial charge on any atom is -0.395 e. The van der Waals surface area contributed by atoms with Gasteiger partial charge in [0.05, 0.1) is 18.8 Å². The van der Waals surface area contributed by atoms with E-state index in [0.717, 1.165) is 10.2 Å². The standard InChI is InChI=1S/C23H21F6N3O4/c1-21(24,19(35)30-12-22(25,26)23(27,28)29)20(36)31-17-15-8-3-2-6-13(15)14-7-4-5-9-16(14)32(10-11-33)18(17)34/h2-9,17,33H,10-12H2,1H3,(H,30,35)(H,31,36)/t17-,21-/m0/s1. The molecule has 3 N–H and O–H groups in total. The molecule has 0 saturated heterocycles. The maximum absolute atomic E-state index is 15.1. The van der Waals surface area contributed by atoms with E-state index in [1.54, 1.807) is 36.4 Å². The fraction of sp³-hybridized carbons (Fsp3) is 0.348. The van der Waals surface area contributed by atoms with Gasteiger partial charge in [0.1, 0.15) is 6.04 Å². The smallest absolute Gasteiger partial charge is 0.395 e. The summed E-state index contributed by atoms with van der Waals surface area (Å²) in [4.78, 5) is 39.4. The SMILES string of the molecule is C[C@](F)(C(=O)NCC(F)(F)C(F)(F)F)C(=O)N[C@@H]1C(=O)N(CCO)c2ccccc2-c2ccccc21.